The molecule has 0 amide bonds. The van der Waals surface area contributed by atoms with Gasteiger partial charge in [-0.1, -0.05) is 10.8 Å². The molecule has 0 saturated carbocycles. The maximum absolute atomic E-state index is 4.16. The first-order valence-electron chi connectivity index (χ1n) is 3.38. The van der Waals surface area contributed by atoms with Crippen molar-refractivity contribution in [3.8, 4) is 0 Å². The van der Waals surface area contributed by atoms with Crippen molar-refractivity contribution in [1.29, 1.82) is 0 Å². The van der Waals surface area contributed by atoms with Crippen LogP contribution in [0.5, 0.6) is 0 Å². The lowest BCUT2D eigenvalue weighted by Gasteiger charge is -2.04. The molecular formula is C7H10N2S2. The smallest absolute Gasteiger partial charge is 0.140 e. The number of pyridine rings is 1. The Morgan fingerprint density at radius 2 is 2.55 bits per heavy atom. The fraction of sp³-hybridized carbons (Fsp3) is 0.286. The van der Waals surface area contributed by atoms with E-state index in [0.717, 1.165) is 17.3 Å². The summed E-state index contributed by atoms with van der Waals surface area (Å²) < 4.78 is 0. The zero-order chi connectivity index (χ0) is 8.10. The molecule has 0 spiro atoms. The summed E-state index contributed by atoms with van der Waals surface area (Å²) in [4.78, 5) is 5.23. The molecule has 2 nitrogen and oxygen atoms in total. The zero-order valence-electron chi connectivity index (χ0n) is 6.24. The fourth-order valence-corrected chi connectivity index (χ4v) is 1.56. The summed E-state index contributed by atoms with van der Waals surface area (Å²) >= 11 is 4.11. The summed E-state index contributed by atoms with van der Waals surface area (Å²) in [6, 6.07) is 3.89. The Kier molecular flexibility index (Phi) is 3.59. The third kappa shape index (κ3) is 2.31. The monoisotopic (exact) mass is 186 g/mol. The van der Waals surface area contributed by atoms with Gasteiger partial charge in [-0.3, -0.25) is 0 Å². The fourth-order valence-electron chi connectivity index (χ4n) is 0.764. The predicted molar refractivity (Wildman–Crippen MR) is 53.2 cm³/mol. The average molecular weight is 186 g/mol. The van der Waals surface area contributed by atoms with E-state index in [0.29, 0.717) is 0 Å². The van der Waals surface area contributed by atoms with Crippen LogP contribution in [0.25, 0.3) is 0 Å². The molecule has 1 aromatic rings. The number of nitrogens with one attached hydrogen (secondary N) is 1. The molecule has 1 rings (SSSR count). The highest BCUT2D eigenvalue weighted by atomic mass is 33.1. The first-order chi connectivity index (χ1) is 5.38. The summed E-state index contributed by atoms with van der Waals surface area (Å²) in [5.74, 6) is 0.912. The van der Waals surface area contributed by atoms with E-state index in [1.54, 1.807) is 6.20 Å². The Balaban J connectivity index is 2.83. The minimum atomic E-state index is 0.887. The summed E-state index contributed by atoms with van der Waals surface area (Å²) in [5, 5.41) is 3.15. The molecule has 0 atom stereocenters. The third-order valence-corrected chi connectivity index (χ3v) is 2.33. The van der Waals surface area contributed by atoms with Crippen LogP contribution < -0.4 is 5.32 Å². The van der Waals surface area contributed by atoms with Crippen molar-refractivity contribution in [3.63, 3.8) is 0 Å². The normalized spacial score (nSPS) is 9.64. The van der Waals surface area contributed by atoms with Crippen LogP contribution in [-0.2, 0) is 0 Å². The van der Waals surface area contributed by atoms with Crippen LogP contribution in [0.2, 0.25) is 0 Å². The van der Waals surface area contributed by atoms with Crippen molar-refractivity contribution in [2.75, 3.05) is 11.9 Å². The summed E-state index contributed by atoms with van der Waals surface area (Å²) in [6.07, 6.45) is 1.77. The van der Waals surface area contributed by atoms with Gasteiger partial charge in [0, 0.05) is 12.7 Å². The number of hydrogen-bond donors (Lipinski definition) is 2. The predicted octanol–water partition coefficient (Wildman–Crippen LogP) is 2.45. The summed E-state index contributed by atoms with van der Waals surface area (Å²) in [7, 11) is 1.40. The van der Waals surface area contributed by atoms with Gasteiger partial charge in [-0.25, -0.2) is 4.98 Å². The molecule has 1 heterocycles. The highest BCUT2D eigenvalue weighted by Crippen LogP contribution is 2.26. The summed E-state index contributed by atoms with van der Waals surface area (Å²) in [5.41, 5.74) is 0. The number of aromatic nitrogens is 1. The molecule has 1 N–H and O–H groups in total. The SMILES string of the molecule is CCNc1ncccc1SS. The number of hydrogen-bond acceptors (Lipinski definition) is 4. The standard InChI is InChI=1S/C7H10N2S2/c1-2-8-7-6(11-10)4-3-5-9-7/h3-5,10H,2H2,1H3,(H,8,9). The Bertz CT molecular complexity index is 227. The topological polar surface area (TPSA) is 24.9 Å². The lowest BCUT2D eigenvalue weighted by Crippen LogP contribution is -1.99. The molecule has 0 radical (unpaired) electrons. The van der Waals surface area contributed by atoms with Crippen LogP contribution in [0.4, 0.5) is 5.82 Å². The maximum atomic E-state index is 4.16. The molecule has 0 aliphatic heterocycles. The van der Waals surface area contributed by atoms with Crippen LogP contribution in [0, 0.1) is 0 Å². The largest absolute Gasteiger partial charge is 0.369 e. The van der Waals surface area contributed by atoms with Gasteiger partial charge in [-0.2, -0.15) is 0 Å². The second kappa shape index (κ2) is 4.51. The minimum Gasteiger partial charge on any atom is -0.369 e. The highest BCUT2D eigenvalue weighted by Gasteiger charge is 1.98. The molecule has 11 heavy (non-hydrogen) atoms. The van der Waals surface area contributed by atoms with Gasteiger partial charge in [0.1, 0.15) is 5.82 Å². The van der Waals surface area contributed by atoms with Gasteiger partial charge in [0.25, 0.3) is 0 Å². The molecule has 4 heteroatoms. The van der Waals surface area contributed by atoms with E-state index in [2.05, 4.69) is 22.0 Å². The number of nitrogens with zero attached hydrogens (tertiary/aromatic N) is 1. The lowest BCUT2D eigenvalue weighted by molar-refractivity contribution is 1.12. The first-order valence-corrected chi connectivity index (χ1v) is 5.25. The zero-order valence-corrected chi connectivity index (χ0v) is 7.95. The van der Waals surface area contributed by atoms with E-state index in [1.807, 2.05) is 19.1 Å². The molecule has 0 aliphatic carbocycles. The Morgan fingerprint density at radius 1 is 1.73 bits per heavy atom. The number of thiol groups is 1. The Morgan fingerprint density at radius 3 is 3.18 bits per heavy atom. The summed E-state index contributed by atoms with van der Waals surface area (Å²) in [6.45, 7) is 2.93. The van der Waals surface area contributed by atoms with Gasteiger partial charge in [0.2, 0.25) is 0 Å². The van der Waals surface area contributed by atoms with Gasteiger partial charge < -0.3 is 5.32 Å². The first kappa shape index (κ1) is 8.74. The van der Waals surface area contributed by atoms with E-state index >= 15 is 0 Å². The maximum Gasteiger partial charge on any atom is 0.140 e. The van der Waals surface area contributed by atoms with Gasteiger partial charge in [-0.15, -0.1) is 11.7 Å². The molecule has 0 aliphatic rings. The average Bonchev–Trinajstić information content (AvgIpc) is 2.06. The van der Waals surface area contributed by atoms with Crippen LogP contribution in [0.1, 0.15) is 6.92 Å². The van der Waals surface area contributed by atoms with Gasteiger partial charge in [-0.05, 0) is 19.1 Å². The minimum absolute atomic E-state index is 0.887. The number of anilines is 1. The molecular weight excluding hydrogens is 176 g/mol. The Hall–Kier alpha value is -0.350. The second-order valence-corrected chi connectivity index (χ2v) is 3.14. The highest BCUT2D eigenvalue weighted by molar-refractivity contribution is 8.68. The van der Waals surface area contributed by atoms with Gasteiger partial charge >= 0.3 is 0 Å². The van der Waals surface area contributed by atoms with Crippen LogP contribution in [-0.4, -0.2) is 11.5 Å². The molecule has 0 fully saturated rings. The lowest BCUT2D eigenvalue weighted by atomic mass is 10.4. The van der Waals surface area contributed by atoms with Crippen molar-refractivity contribution in [2.24, 2.45) is 0 Å². The van der Waals surface area contributed by atoms with E-state index in [9.17, 15) is 0 Å². The Labute approximate surface area is 75.6 Å². The molecule has 0 bridgehead atoms. The van der Waals surface area contributed by atoms with Crippen molar-refractivity contribution < 1.29 is 0 Å². The van der Waals surface area contributed by atoms with Crippen molar-refractivity contribution in [2.45, 2.75) is 11.8 Å². The van der Waals surface area contributed by atoms with E-state index in [4.69, 9.17) is 0 Å². The van der Waals surface area contributed by atoms with Gasteiger partial charge in [0.05, 0.1) is 4.90 Å². The molecule has 1 aromatic heterocycles. The van der Waals surface area contributed by atoms with Gasteiger partial charge in [0.15, 0.2) is 0 Å². The van der Waals surface area contributed by atoms with E-state index < -0.39 is 0 Å². The van der Waals surface area contributed by atoms with E-state index in [1.165, 1.54) is 10.8 Å². The van der Waals surface area contributed by atoms with Crippen LogP contribution in [0.15, 0.2) is 23.2 Å². The molecule has 0 unspecified atom stereocenters. The molecule has 0 saturated heterocycles. The van der Waals surface area contributed by atoms with Crippen molar-refractivity contribution in [1.82, 2.24) is 4.98 Å². The van der Waals surface area contributed by atoms with Crippen LogP contribution >= 0.6 is 22.5 Å². The molecule has 0 aromatic carbocycles. The third-order valence-electron chi connectivity index (χ3n) is 1.21. The van der Waals surface area contributed by atoms with Crippen LogP contribution in [0.3, 0.4) is 0 Å². The van der Waals surface area contributed by atoms with Crippen molar-refractivity contribution >= 4 is 28.3 Å². The second-order valence-electron chi connectivity index (χ2n) is 1.97. The number of rotatable bonds is 3. The molecule has 60 valence electrons. The van der Waals surface area contributed by atoms with E-state index in [-0.39, 0.29) is 0 Å². The quantitative estimate of drug-likeness (QED) is 0.560. The van der Waals surface area contributed by atoms with Crippen molar-refractivity contribution in [3.05, 3.63) is 18.3 Å².